The number of carbonyl (C=O) groups is 1. The number of para-hydroxylation sites is 3. The Kier molecular flexibility index (Phi) is 5.86. The van der Waals surface area contributed by atoms with Gasteiger partial charge in [0.1, 0.15) is 24.7 Å². The third-order valence-corrected chi connectivity index (χ3v) is 6.35. The van der Waals surface area contributed by atoms with Crippen molar-refractivity contribution in [3.8, 4) is 5.75 Å². The van der Waals surface area contributed by atoms with Gasteiger partial charge in [-0.15, -0.1) is 0 Å². The first-order chi connectivity index (χ1) is 16.1. The quantitative estimate of drug-likeness (QED) is 0.386. The van der Waals surface area contributed by atoms with Gasteiger partial charge in [-0.2, -0.15) is 0 Å². The molecule has 0 saturated heterocycles. The lowest BCUT2D eigenvalue weighted by molar-refractivity contribution is -0.119. The average molecular weight is 440 g/mol. The molecule has 1 amide bonds. The van der Waals surface area contributed by atoms with E-state index in [1.165, 1.54) is 11.1 Å². The Balaban J connectivity index is 1.40. The average Bonchev–Trinajstić information content (AvgIpc) is 3.19. The normalized spacial score (nSPS) is 13.4. The molecule has 5 nitrogen and oxygen atoms in total. The van der Waals surface area contributed by atoms with Crippen LogP contribution in [0.4, 0.5) is 5.69 Å². The van der Waals surface area contributed by atoms with Gasteiger partial charge in [-0.25, -0.2) is 4.98 Å². The predicted molar refractivity (Wildman–Crippen MR) is 132 cm³/mol. The van der Waals surface area contributed by atoms with Crippen LogP contribution in [0.25, 0.3) is 11.0 Å². The maximum atomic E-state index is 13.4. The molecule has 1 aromatic heterocycles. The van der Waals surface area contributed by atoms with Crippen molar-refractivity contribution in [2.24, 2.45) is 0 Å². The van der Waals surface area contributed by atoms with E-state index in [9.17, 15) is 4.79 Å². The highest BCUT2D eigenvalue weighted by molar-refractivity contribution is 5.95. The lowest BCUT2D eigenvalue weighted by Crippen LogP contribution is -2.38. The molecule has 3 aromatic carbocycles. The molecule has 0 N–H and O–H groups in total. The summed E-state index contributed by atoms with van der Waals surface area (Å²) in [4.78, 5) is 20.1. The summed E-state index contributed by atoms with van der Waals surface area (Å²) in [5, 5.41) is 0. The van der Waals surface area contributed by atoms with Gasteiger partial charge in [-0.1, -0.05) is 56.3 Å². The van der Waals surface area contributed by atoms with Crippen LogP contribution < -0.4 is 9.64 Å². The molecule has 0 unspecified atom stereocenters. The Morgan fingerprint density at radius 1 is 1.00 bits per heavy atom. The SMILES string of the molecule is CC(C)c1ccc(OCc2nc3ccccc3n2CC(=O)N2CCCc3ccccc32)cc1. The van der Waals surface area contributed by atoms with Crippen molar-refractivity contribution in [2.45, 2.75) is 45.8 Å². The lowest BCUT2D eigenvalue weighted by atomic mass is 10.0. The molecule has 0 bridgehead atoms. The van der Waals surface area contributed by atoms with Crippen molar-refractivity contribution in [2.75, 3.05) is 11.4 Å². The first kappa shape index (κ1) is 21.3. The number of aromatic nitrogens is 2. The molecule has 4 aromatic rings. The minimum absolute atomic E-state index is 0.0767. The molecule has 5 heteroatoms. The number of fused-ring (bicyclic) bond motifs is 2. The van der Waals surface area contributed by atoms with Crippen LogP contribution in [0.15, 0.2) is 72.8 Å². The Bertz CT molecular complexity index is 1270. The molecule has 168 valence electrons. The topological polar surface area (TPSA) is 47.4 Å². The zero-order valence-corrected chi connectivity index (χ0v) is 19.2. The molecule has 0 radical (unpaired) electrons. The molecule has 0 spiro atoms. The van der Waals surface area contributed by atoms with Crippen LogP contribution in [0.2, 0.25) is 0 Å². The predicted octanol–water partition coefficient (Wildman–Crippen LogP) is 5.72. The highest BCUT2D eigenvalue weighted by Crippen LogP contribution is 2.28. The molecular weight excluding hydrogens is 410 g/mol. The van der Waals surface area contributed by atoms with Gasteiger partial charge in [-0.3, -0.25) is 4.79 Å². The van der Waals surface area contributed by atoms with Crippen molar-refractivity contribution < 1.29 is 9.53 Å². The standard InChI is InChI=1S/C28H29N3O2/c1-20(2)21-13-15-23(16-14-21)33-19-27-29-24-10-4-6-12-26(24)31(27)18-28(32)30-17-7-9-22-8-3-5-11-25(22)30/h3-6,8,10-16,20H,7,9,17-19H2,1-2H3. The smallest absolute Gasteiger partial charge is 0.246 e. The van der Waals surface area contributed by atoms with E-state index in [-0.39, 0.29) is 12.5 Å². The fourth-order valence-corrected chi connectivity index (χ4v) is 4.52. The summed E-state index contributed by atoms with van der Waals surface area (Å²) in [6.45, 7) is 5.64. The highest BCUT2D eigenvalue weighted by Gasteiger charge is 2.24. The molecule has 33 heavy (non-hydrogen) atoms. The number of nitrogens with zero attached hydrogens (tertiary/aromatic N) is 3. The molecule has 0 fully saturated rings. The van der Waals surface area contributed by atoms with Crippen molar-refractivity contribution in [1.29, 1.82) is 0 Å². The molecular formula is C28H29N3O2. The Morgan fingerprint density at radius 2 is 1.76 bits per heavy atom. The monoisotopic (exact) mass is 439 g/mol. The van der Waals surface area contributed by atoms with Gasteiger partial charge in [-0.05, 0) is 60.2 Å². The number of imidazole rings is 1. The summed E-state index contributed by atoms with van der Waals surface area (Å²) in [5.74, 6) is 2.11. The second-order valence-electron chi connectivity index (χ2n) is 8.89. The van der Waals surface area contributed by atoms with E-state index in [1.807, 2.05) is 64.1 Å². The largest absolute Gasteiger partial charge is 0.486 e. The summed E-state index contributed by atoms with van der Waals surface area (Å²) in [6, 6.07) is 24.3. The van der Waals surface area contributed by atoms with Crippen LogP contribution in [0.5, 0.6) is 5.75 Å². The van der Waals surface area contributed by atoms with Crippen molar-refractivity contribution in [1.82, 2.24) is 9.55 Å². The van der Waals surface area contributed by atoms with Gasteiger partial charge in [0, 0.05) is 12.2 Å². The fraction of sp³-hybridized carbons (Fsp3) is 0.286. The number of ether oxygens (including phenoxy) is 1. The van der Waals surface area contributed by atoms with Crippen LogP contribution in [0, 0.1) is 0 Å². The first-order valence-corrected chi connectivity index (χ1v) is 11.7. The number of carbonyl (C=O) groups excluding carboxylic acids is 1. The zero-order valence-electron chi connectivity index (χ0n) is 19.2. The van der Waals surface area contributed by atoms with Crippen LogP contribution in [0.3, 0.4) is 0 Å². The number of amides is 1. The molecule has 2 heterocycles. The lowest BCUT2D eigenvalue weighted by Gasteiger charge is -2.29. The maximum absolute atomic E-state index is 13.4. The van der Waals surface area contributed by atoms with E-state index in [2.05, 4.69) is 32.0 Å². The Morgan fingerprint density at radius 3 is 2.58 bits per heavy atom. The van der Waals surface area contributed by atoms with E-state index in [1.54, 1.807) is 0 Å². The minimum atomic E-state index is 0.0767. The van der Waals surface area contributed by atoms with Gasteiger partial charge in [0.2, 0.25) is 5.91 Å². The number of anilines is 1. The summed E-state index contributed by atoms with van der Waals surface area (Å²) in [5.41, 5.74) is 5.37. The fourth-order valence-electron chi connectivity index (χ4n) is 4.52. The summed E-state index contributed by atoms with van der Waals surface area (Å²) in [6.07, 6.45) is 2.00. The highest BCUT2D eigenvalue weighted by atomic mass is 16.5. The molecule has 1 aliphatic rings. The van der Waals surface area contributed by atoms with Gasteiger partial charge in [0.05, 0.1) is 11.0 Å². The van der Waals surface area contributed by atoms with E-state index < -0.39 is 0 Å². The number of rotatable bonds is 6. The summed E-state index contributed by atoms with van der Waals surface area (Å²) >= 11 is 0. The van der Waals surface area contributed by atoms with Crippen LogP contribution in [-0.4, -0.2) is 22.0 Å². The van der Waals surface area contributed by atoms with Crippen molar-refractivity contribution in [3.63, 3.8) is 0 Å². The van der Waals surface area contributed by atoms with E-state index in [4.69, 9.17) is 9.72 Å². The second kappa shape index (κ2) is 9.10. The first-order valence-electron chi connectivity index (χ1n) is 11.7. The van der Waals surface area contributed by atoms with Gasteiger partial charge < -0.3 is 14.2 Å². The molecule has 1 aliphatic heterocycles. The Hall–Kier alpha value is -3.60. The number of hydrogen-bond donors (Lipinski definition) is 0. The van der Waals surface area contributed by atoms with Gasteiger partial charge in [0.15, 0.2) is 0 Å². The third-order valence-electron chi connectivity index (χ3n) is 6.35. The van der Waals surface area contributed by atoms with Crippen molar-refractivity contribution >= 4 is 22.6 Å². The molecule has 0 saturated carbocycles. The van der Waals surface area contributed by atoms with Gasteiger partial charge >= 0.3 is 0 Å². The van der Waals surface area contributed by atoms with E-state index in [0.29, 0.717) is 12.5 Å². The van der Waals surface area contributed by atoms with Crippen LogP contribution in [0.1, 0.15) is 43.1 Å². The van der Waals surface area contributed by atoms with Gasteiger partial charge in [0.25, 0.3) is 0 Å². The van der Waals surface area contributed by atoms with Crippen molar-refractivity contribution in [3.05, 3.63) is 89.7 Å². The summed E-state index contributed by atoms with van der Waals surface area (Å²) in [7, 11) is 0. The second-order valence-corrected chi connectivity index (χ2v) is 8.89. The van der Waals surface area contributed by atoms with E-state index in [0.717, 1.165) is 47.7 Å². The number of aryl methyl sites for hydroxylation is 1. The minimum Gasteiger partial charge on any atom is -0.486 e. The number of hydrogen-bond acceptors (Lipinski definition) is 3. The van der Waals surface area contributed by atoms with E-state index >= 15 is 0 Å². The molecule has 5 rings (SSSR count). The maximum Gasteiger partial charge on any atom is 0.246 e. The molecule has 0 atom stereocenters. The number of benzene rings is 3. The van der Waals surface area contributed by atoms with Crippen LogP contribution >= 0.6 is 0 Å². The zero-order chi connectivity index (χ0) is 22.8. The Labute approximate surface area is 194 Å². The molecule has 0 aliphatic carbocycles. The van der Waals surface area contributed by atoms with Crippen LogP contribution in [-0.2, 0) is 24.4 Å². The summed E-state index contributed by atoms with van der Waals surface area (Å²) < 4.78 is 8.07. The third kappa shape index (κ3) is 4.36.